The van der Waals surface area contributed by atoms with Crippen LogP contribution in [0.4, 0.5) is 0 Å². The molecule has 0 aliphatic rings. The lowest BCUT2D eigenvalue weighted by Crippen LogP contribution is -1.97. The van der Waals surface area contributed by atoms with Gasteiger partial charge in [0, 0.05) is 21.7 Å². The quantitative estimate of drug-likeness (QED) is 0.813. The average molecular weight is 323 g/mol. The van der Waals surface area contributed by atoms with Crippen molar-refractivity contribution >= 4 is 35.2 Å². The molecule has 1 N–H and O–H groups in total. The predicted octanol–water partition coefficient (Wildman–Crippen LogP) is 4.67. The van der Waals surface area contributed by atoms with Gasteiger partial charge in [-0.3, -0.25) is 0 Å². The van der Waals surface area contributed by atoms with Crippen molar-refractivity contribution in [2.45, 2.75) is 6.61 Å². The maximum absolute atomic E-state index is 10.6. The Kier molecular flexibility index (Phi) is 5.26. The monoisotopic (exact) mass is 322 g/mol. The molecule has 5 heteroatoms. The van der Waals surface area contributed by atoms with E-state index >= 15 is 0 Å². The largest absolute Gasteiger partial charge is 0.488 e. The van der Waals surface area contributed by atoms with E-state index in [4.69, 9.17) is 33.0 Å². The van der Waals surface area contributed by atoms with Crippen LogP contribution in [0.25, 0.3) is 6.08 Å². The van der Waals surface area contributed by atoms with Gasteiger partial charge in [0.1, 0.15) is 12.4 Å². The number of rotatable bonds is 5. The summed E-state index contributed by atoms with van der Waals surface area (Å²) in [7, 11) is 0. The first-order valence-electron chi connectivity index (χ1n) is 6.12. The normalized spacial score (nSPS) is 10.8. The zero-order valence-electron chi connectivity index (χ0n) is 10.9. The molecular formula is C16H12Cl2O3. The molecule has 2 rings (SSSR count). The number of hydrogen-bond acceptors (Lipinski definition) is 2. The summed E-state index contributed by atoms with van der Waals surface area (Å²) in [4.78, 5) is 10.6. The SMILES string of the molecule is O=C(O)/C=C\c1cc(Cl)ccc1OCc1ccc(Cl)cc1. The van der Waals surface area contributed by atoms with Gasteiger partial charge < -0.3 is 9.84 Å². The van der Waals surface area contributed by atoms with E-state index in [0.717, 1.165) is 11.6 Å². The molecule has 0 saturated carbocycles. The van der Waals surface area contributed by atoms with E-state index in [1.54, 1.807) is 30.3 Å². The van der Waals surface area contributed by atoms with E-state index in [-0.39, 0.29) is 0 Å². The molecule has 0 amide bonds. The third kappa shape index (κ3) is 4.81. The molecule has 0 aromatic heterocycles. The summed E-state index contributed by atoms with van der Waals surface area (Å²) in [6, 6.07) is 12.4. The van der Waals surface area contributed by atoms with Crippen LogP contribution < -0.4 is 4.74 Å². The topological polar surface area (TPSA) is 46.5 Å². The highest BCUT2D eigenvalue weighted by atomic mass is 35.5. The van der Waals surface area contributed by atoms with E-state index in [1.165, 1.54) is 6.08 Å². The van der Waals surface area contributed by atoms with Gasteiger partial charge in [0.25, 0.3) is 0 Å². The van der Waals surface area contributed by atoms with Crippen LogP contribution in [0.2, 0.25) is 10.0 Å². The van der Waals surface area contributed by atoms with Crippen LogP contribution in [-0.4, -0.2) is 11.1 Å². The fourth-order valence-corrected chi connectivity index (χ4v) is 1.99. The molecule has 0 spiro atoms. The summed E-state index contributed by atoms with van der Waals surface area (Å²) in [5, 5.41) is 9.87. The summed E-state index contributed by atoms with van der Waals surface area (Å²) in [5.74, 6) is -0.467. The van der Waals surface area contributed by atoms with E-state index < -0.39 is 5.97 Å². The van der Waals surface area contributed by atoms with E-state index in [2.05, 4.69) is 0 Å². The minimum Gasteiger partial charge on any atom is -0.488 e. The third-order valence-corrected chi connectivity index (χ3v) is 3.17. The molecule has 0 fully saturated rings. The molecule has 0 aliphatic heterocycles. The zero-order chi connectivity index (χ0) is 15.2. The van der Waals surface area contributed by atoms with E-state index in [1.807, 2.05) is 12.1 Å². The number of benzene rings is 2. The smallest absolute Gasteiger partial charge is 0.328 e. The lowest BCUT2D eigenvalue weighted by Gasteiger charge is -2.10. The maximum atomic E-state index is 10.6. The Morgan fingerprint density at radius 1 is 1.10 bits per heavy atom. The summed E-state index contributed by atoms with van der Waals surface area (Å²) in [5.41, 5.74) is 1.57. The minimum absolute atomic E-state index is 0.354. The molecule has 0 unspecified atom stereocenters. The van der Waals surface area contributed by atoms with Crippen LogP contribution in [0.15, 0.2) is 48.5 Å². The Morgan fingerprint density at radius 2 is 1.76 bits per heavy atom. The molecule has 108 valence electrons. The molecular weight excluding hydrogens is 311 g/mol. The molecule has 0 aliphatic carbocycles. The molecule has 2 aromatic carbocycles. The van der Waals surface area contributed by atoms with E-state index in [9.17, 15) is 4.79 Å². The number of carboxylic acids is 1. The van der Waals surface area contributed by atoms with Crippen molar-refractivity contribution in [1.82, 2.24) is 0 Å². The number of halogens is 2. The standard InChI is InChI=1S/C16H12Cl2O3/c17-13-4-1-11(2-5-13)10-21-15-7-6-14(18)9-12(15)3-8-16(19)20/h1-9H,10H2,(H,19,20)/b8-3-. The fraction of sp³-hybridized carbons (Fsp3) is 0.0625. The number of ether oxygens (including phenoxy) is 1. The second-order valence-electron chi connectivity index (χ2n) is 4.27. The number of hydrogen-bond donors (Lipinski definition) is 1. The highest BCUT2D eigenvalue weighted by Gasteiger charge is 2.04. The highest BCUT2D eigenvalue weighted by molar-refractivity contribution is 6.31. The minimum atomic E-state index is -1.03. The van der Waals surface area contributed by atoms with Crippen LogP contribution in [0.3, 0.4) is 0 Å². The summed E-state index contributed by atoms with van der Waals surface area (Å²) in [6.07, 6.45) is 2.49. The second kappa shape index (κ2) is 7.16. The van der Waals surface area contributed by atoms with Gasteiger partial charge in [-0.2, -0.15) is 0 Å². The van der Waals surface area contributed by atoms with Crippen molar-refractivity contribution in [3.63, 3.8) is 0 Å². The van der Waals surface area contributed by atoms with Crippen molar-refractivity contribution < 1.29 is 14.6 Å². The lowest BCUT2D eigenvalue weighted by molar-refractivity contribution is -0.131. The Balaban J connectivity index is 2.15. The van der Waals surface area contributed by atoms with Crippen LogP contribution in [0.1, 0.15) is 11.1 Å². The van der Waals surface area contributed by atoms with E-state index in [0.29, 0.717) is 28.0 Å². The van der Waals surface area contributed by atoms with Crippen LogP contribution in [0, 0.1) is 0 Å². The summed E-state index contributed by atoms with van der Waals surface area (Å²) >= 11 is 11.7. The Hall–Kier alpha value is -1.97. The average Bonchev–Trinajstić information content (AvgIpc) is 2.45. The van der Waals surface area contributed by atoms with Crippen molar-refractivity contribution in [1.29, 1.82) is 0 Å². The molecule has 0 radical (unpaired) electrons. The van der Waals surface area contributed by atoms with Gasteiger partial charge in [0.2, 0.25) is 0 Å². The van der Waals surface area contributed by atoms with Gasteiger partial charge in [-0.05, 0) is 42.0 Å². The number of aliphatic carboxylic acids is 1. The Labute approximate surface area is 132 Å². The first-order valence-corrected chi connectivity index (χ1v) is 6.88. The third-order valence-electron chi connectivity index (χ3n) is 2.68. The van der Waals surface area contributed by atoms with Crippen molar-refractivity contribution in [3.05, 3.63) is 69.7 Å². The van der Waals surface area contributed by atoms with Crippen LogP contribution >= 0.6 is 23.2 Å². The molecule has 0 heterocycles. The maximum Gasteiger partial charge on any atom is 0.328 e. The Morgan fingerprint density at radius 3 is 2.43 bits per heavy atom. The van der Waals surface area contributed by atoms with Gasteiger partial charge in [-0.15, -0.1) is 0 Å². The first kappa shape index (κ1) is 15.4. The molecule has 2 aromatic rings. The van der Waals surface area contributed by atoms with Gasteiger partial charge in [-0.1, -0.05) is 35.3 Å². The second-order valence-corrected chi connectivity index (χ2v) is 5.14. The van der Waals surface area contributed by atoms with Crippen molar-refractivity contribution in [2.24, 2.45) is 0 Å². The van der Waals surface area contributed by atoms with Crippen LogP contribution in [-0.2, 0) is 11.4 Å². The van der Waals surface area contributed by atoms with Gasteiger partial charge in [-0.25, -0.2) is 4.79 Å². The Bertz CT molecular complexity index is 664. The predicted molar refractivity (Wildman–Crippen MR) is 83.9 cm³/mol. The summed E-state index contributed by atoms with van der Waals surface area (Å²) < 4.78 is 5.70. The molecule has 0 atom stereocenters. The summed E-state index contributed by atoms with van der Waals surface area (Å²) in [6.45, 7) is 0.354. The highest BCUT2D eigenvalue weighted by Crippen LogP contribution is 2.25. The molecule has 21 heavy (non-hydrogen) atoms. The number of carbonyl (C=O) groups is 1. The molecule has 0 saturated heterocycles. The fourth-order valence-electron chi connectivity index (χ4n) is 1.68. The zero-order valence-corrected chi connectivity index (χ0v) is 12.4. The van der Waals surface area contributed by atoms with Gasteiger partial charge in [0.15, 0.2) is 0 Å². The van der Waals surface area contributed by atoms with Crippen molar-refractivity contribution in [2.75, 3.05) is 0 Å². The van der Waals surface area contributed by atoms with Gasteiger partial charge >= 0.3 is 5.97 Å². The molecule has 0 bridgehead atoms. The first-order chi connectivity index (χ1) is 10.0. The number of carboxylic acid groups (broad SMARTS) is 1. The van der Waals surface area contributed by atoms with Crippen LogP contribution in [0.5, 0.6) is 5.75 Å². The van der Waals surface area contributed by atoms with Gasteiger partial charge in [0.05, 0.1) is 0 Å². The van der Waals surface area contributed by atoms with Crippen molar-refractivity contribution in [3.8, 4) is 5.75 Å². The lowest BCUT2D eigenvalue weighted by atomic mass is 10.2. The molecule has 3 nitrogen and oxygen atoms in total.